The number of phenolic OH excluding ortho intramolecular Hbond substituents is 1. The van der Waals surface area contributed by atoms with E-state index in [1.165, 1.54) is 18.2 Å². The SMILES string of the molecule is NC(=O)c1ccc(O)c(NCCS(=O)(=O)CCCl)c1. The largest absolute Gasteiger partial charge is 0.506 e. The summed E-state index contributed by atoms with van der Waals surface area (Å²) < 4.78 is 22.8. The molecule has 0 heterocycles. The van der Waals surface area contributed by atoms with Crippen molar-refractivity contribution in [3.05, 3.63) is 23.8 Å². The highest BCUT2D eigenvalue weighted by molar-refractivity contribution is 7.91. The number of halogens is 1. The number of rotatable bonds is 7. The smallest absolute Gasteiger partial charge is 0.248 e. The van der Waals surface area contributed by atoms with E-state index in [1.807, 2.05) is 0 Å². The van der Waals surface area contributed by atoms with E-state index in [0.717, 1.165) is 0 Å². The third-order valence-corrected chi connectivity index (χ3v) is 4.46. The summed E-state index contributed by atoms with van der Waals surface area (Å²) in [6.45, 7) is 0.106. The van der Waals surface area contributed by atoms with Crippen molar-refractivity contribution in [1.29, 1.82) is 0 Å². The number of nitrogens with two attached hydrogens (primary N) is 1. The fraction of sp³-hybridized carbons (Fsp3) is 0.364. The molecule has 6 nitrogen and oxygen atoms in total. The first kappa shape index (κ1) is 15.6. The number of benzene rings is 1. The van der Waals surface area contributed by atoms with Crippen LogP contribution in [0.4, 0.5) is 5.69 Å². The lowest BCUT2D eigenvalue weighted by Crippen LogP contribution is -2.19. The summed E-state index contributed by atoms with van der Waals surface area (Å²) in [7, 11) is -3.21. The molecule has 4 N–H and O–H groups in total. The number of carbonyl (C=O) groups is 1. The zero-order valence-electron chi connectivity index (χ0n) is 10.1. The van der Waals surface area contributed by atoms with Crippen molar-refractivity contribution in [1.82, 2.24) is 0 Å². The Morgan fingerprint density at radius 2 is 2.05 bits per heavy atom. The zero-order valence-corrected chi connectivity index (χ0v) is 11.7. The van der Waals surface area contributed by atoms with Crippen molar-refractivity contribution in [3.8, 4) is 5.75 Å². The lowest BCUT2D eigenvalue weighted by molar-refractivity contribution is 0.100. The standard InChI is InChI=1S/C11H15ClN2O4S/c12-3-5-19(17,18)6-4-14-9-7-8(11(13)16)1-2-10(9)15/h1-2,7,14-15H,3-6H2,(H2,13,16). The van der Waals surface area contributed by atoms with Gasteiger partial charge in [-0.1, -0.05) is 0 Å². The van der Waals surface area contributed by atoms with Crippen LogP contribution in [-0.4, -0.2) is 43.4 Å². The molecule has 1 aromatic carbocycles. The Hall–Kier alpha value is -1.47. The molecule has 19 heavy (non-hydrogen) atoms. The summed E-state index contributed by atoms with van der Waals surface area (Å²) in [6, 6.07) is 4.06. The molecule has 0 radical (unpaired) electrons. The molecule has 0 unspecified atom stereocenters. The van der Waals surface area contributed by atoms with E-state index in [2.05, 4.69) is 5.32 Å². The fourth-order valence-corrected chi connectivity index (χ4v) is 2.95. The number of hydrogen-bond donors (Lipinski definition) is 3. The van der Waals surface area contributed by atoms with Gasteiger partial charge in [0, 0.05) is 18.0 Å². The lowest BCUT2D eigenvalue weighted by Gasteiger charge is -2.09. The quantitative estimate of drug-likeness (QED) is 0.503. The van der Waals surface area contributed by atoms with E-state index in [4.69, 9.17) is 17.3 Å². The Balaban J connectivity index is 2.68. The van der Waals surface area contributed by atoms with Crippen LogP contribution in [-0.2, 0) is 9.84 Å². The molecular weight excluding hydrogens is 292 g/mol. The molecule has 0 aliphatic rings. The molecule has 0 fully saturated rings. The van der Waals surface area contributed by atoms with Crippen LogP contribution in [0, 0.1) is 0 Å². The molecule has 0 atom stereocenters. The van der Waals surface area contributed by atoms with Crippen molar-refractivity contribution >= 4 is 33.0 Å². The second kappa shape index (κ2) is 6.63. The summed E-state index contributed by atoms with van der Waals surface area (Å²) in [4.78, 5) is 11.0. The summed E-state index contributed by atoms with van der Waals surface area (Å²) in [5.41, 5.74) is 5.60. The van der Waals surface area contributed by atoms with Gasteiger partial charge in [-0.15, -0.1) is 11.6 Å². The van der Waals surface area contributed by atoms with E-state index in [-0.39, 0.29) is 40.9 Å². The Labute approximate surface area is 116 Å². The van der Waals surface area contributed by atoms with Gasteiger partial charge in [-0.25, -0.2) is 8.42 Å². The van der Waals surface area contributed by atoms with E-state index >= 15 is 0 Å². The number of nitrogens with one attached hydrogen (secondary N) is 1. The molecule has 1 rings (SSSR count). The number of primary amides is 1. The molecular formula is C11H15ClN2O4S. The van der Waals surface area contributed by atoms with Gasteiger partial charge in [0.15, 0.2) is 9.84 Å². The Bertz CT molecular complexity index is 560. The molecule has 1 amide bonds. The number of aromatic hydroxyl groups is 1. The van der Waals surface area contributed by atoms with E-state index in [1.54, 1.807) is 0 Å². The molecule has 1 aromatic rings. The molecule has 106 valence electrons. The number of carbonyl (C=O) groups excluding carboxylic acids is 1. The second-order valence-corrected chi connectivity index (χ2v) is 6.55. The van der Waals surface area contributed by atoms with Crippen LogP contribution in [0.3, 0.4) is 0 Å². The van der Waals surface area contributed by atoms with E-state index < -0.39 is 15.7 Å². The van der Waals surface area contributed by atoms with Crippen LogP contribution in [0.25, 0.3) is 0 Å². The highest BCUT2D eigenvalue weighted by Gasteiger charge is 2.11. The maximum absolute atomic E-state index is 11.4. The van der Waals surface area contributed by atoms with Gasteiger partial charge >= 0.3 is 0 Å². The predicted molar refractivity (Wildman–Crippen MR) is 74.5 cm³/mol. The van der Waals surface area contributed by atoms with Crippen molar-refractivity contribution in [2.45, 2.75) is 0 Å². The Kier molecular flexibility index (Phi) is 5.44. The highest BCUT2D eigenvalue weighted by Crippen LogP contribution is 2.23. The monoisotopic (exact) mass is 306 g/mol. The molecule has 0 bridgehead atoms. The van der Waals surface area contributed by atoms with Gasteiger partial charge in [0.25, 0.3) is 0 Å². The minimum Gasteiger partial charge on any atom is -0.506 e. The topological polar surface area (TPSA) is 109 Å². The summed E-state index contributed by atoms with van der Waals surface area (Å²) >= 11 is 5.37. The number of phenols is 1. The third kappa shape index (κ3) is 4.96. The Morgan fingerprint density at radius 3 is 2.63 bits per heavy atom. The number of anilines is 1. The summed E-state index contributed by atoms with van der Waals surface area (Å²) in [6.07, 6.45) is 0. The van der Waals surface area contributed by atoms with Crippen LogP contribution in [0.2, 0.25) is 0 Å². The van der Waals surface area contributed by atoms with Gasteiger partial charge in [0.2, 0.25) is 5.91 Å². The highest BCUT2D eigenvalue weighted by atomic mass is 35.5. The molecule has 0 spiro atoms. The molecule has 0 saturated heterocycles. The average molecular weight is 307 g/mol. The first-order chi connectivity index (χ1) is 8.85. The van der Waals surface area contributed by atoms with Gasteiger partial charge < -0.3 is 16.2 Å². The normalized spacial score (nSPS) is 11.2. The van der Waals surface area contributed by atoms with E-state index in [0.29, 0.717) is 0 Å². The first-order valence-electron chi connectivity index (χ1n) is 5.49. The van der Waals surface area contributed by atoms with Crippen molar-refractivity contribution in [3.63, 3.8) is 0 Å². The van der Waals surface area contributed by atoms with Gasteiger partial charge in [-0.2, -0.15) is 0 Å². The first-order valence-corrected chi connectivity index (χ1v) is 7.84. The minimum atomic E-state index is -3.21. The minimum absolute atomic E-state index is 0.0464. The van der Waals surface area contributed by atoms with Crippen LogP contribution in [0.1, 0.15) is 10.4 Å². The average Bonchev–Trinajstić information content (AvgIpc) is 2.30. The second-order valence-electron chi connectivity index (χ2n) is 3.86. The van der Waals surface area contributed by atoms with Crippen LogP contribution >= 0.6 is 11.6 Å². The molecule has 8 heteroatoms. The van der Waals surface area contributed by atoms with Gasteiger partial charge in [0.1, 0.15) is 5.75 Å². The maximum Gasteiger partial charge on any atom is 0.248 e. The van der Waals surface area contributed by atoms with Gasteiger partial charge in [-0.3, -0.25) is 4.79 Å². The number of sulfone groups is 1. The summed E-state index contributed by atoms with van der Waals surface area (Å²) in [5, 5.41) is 12.3. The lowest BCUT2D eigenvalue weighted by atomic mass is 10.2. The van der Waals surface area contributed by atoms with Crippen LogP contribution in [0.15, 0.2) is 18.2 Å². The summed E-state index contributed by atoms with van der Waals surface area (Å²) in [5.74, 6) is -0.869. The fourth-order valence-electron chi connectivity index (χ4n) is 1.39. The maximum atomic E-state index is 11.4. The Morgan fingerprint density at radius 1 is 1.37 bits per heavy atom. The van der Waals surface area contributed by atoms with Crippen molar-refractivity contribution < 1.29 is 18.3 Å². The number of amides is 1. The van der Waals surface area contributed by atoms with Crippen molar-refractivity contribution in [2.75, 3.05) is 29.2 Å². The van der Waals surface area contributed by atoms with Crippen molar-refractivity contribution in [2.24, 2.45) is 5.73 Å². The molecule has 0 aliphatic heterocycles. The molecule has 0 aliphatic carbocycles. The molecule has 0 saturated carbocycles. The molecule has 0 aromatic heterocycles. The third-order valence-electron chi connectivity index (χ3n) is 2.40. The predicted octanol–water partition coefficient (Wildman–Crippen LogP) is 0.557. The van der Waals surface area contributed by atoms with Crippen LogP contribution < -0.4 is 11.1 Å². The zero-order chi connectivity index (χ0) is 14.5. The van der Waals surface area contributed by atoms with Gasteiger partial charge in [0.05, 0.1) is 17.2 Å². The van der Waals surface area contributed by atoms with Gasteiger partial charge in [-0.05, 0) is 18.2 Å². The van der Waals surface area contributed by atoms with Crippen LogP contribution in [0.5, 0.6) is 5.75 Å². The number of hydrogen-bond acceptors (Lipinski definition) is 5. The van der Waals surface area contributed by atoms with E-state index in [9.17, 15) is 18.3 Å². The number of alkyl halides is 1.